The van der Waals surface area contributed by atoms with E-state index in [0.29, 0.717) is 6.54 Å². The molecule has 0 spiro atoms. The molecule has 2 aliphatic rings. The van der Waals surface area contributed by atoms with Crippen LogP contribution in [0, 0.1) is 12.8 Å². The van der Waals surface area contributed by atoms with Crippen LogP contribution in [0.25, 0.3) is 0 Å². The van der Waals surface area contributed by atoms with Crippen molar-refractivity contribution in [2.75, 3.05) is 19.6 Å². The molecule has 2 fully saturated rings. The molecule has 21 heavy (non-hydrogen) atoms. The van der Waals surface area contributed by atoms with Crippen molar-refractivity contribution in [2.24, 2.45) is 5.92 Å². The first-order valence-electron chi connectivity index (χ1n) is 7.81. The van der Waals surface area contributed by atoms with E-state index in [4.69, 9.17) is 0 Å². The van der Waals surface area contributed by atoms with Gasteiger partial charge in [-0.3, -0.25) is 4.79 Å². The number of halogens is 1. The Kier molecular flexibility index (Phi) is 5.65. The molecule has 0 aromatic heterocycles. The first-order valence-corrected chi connectivity index (χ1v) is 7.81. The fourth-order valence-electron chi connectivity index (χ4n) is 3.10. The van der Waals surface area contributed by atoms with E-state index in [9.17, 15) is 4.79 Å². The number of carbonyl (C=O) groups is 1. The summed E-state index contributed by atoms with van der Waals surface area (Å²) in [5.74, 6) is 1.09. The molecule has 1 saturated carbocycles. The van der Waals surface area contributed by atoms with E-state index in [1.54, 1.807) is 0 Å². The third-order valence-electron chi connectivity index (χ3n) is 4.41. The smallest absolute Gasteiger partial charge is 0.237 e. The van der Waals surface area contributed by atoms with Gasteiger partial charge in [-0.1, -0.05) is 29.8 Å². The topological polar surface area (TPSA) is 32.3 Å². The lowest BCUT2D eigenvalue weighted by Crippen LogP contribution is -2.38. The zero-order valence-corrected chi connectivity index (χ0v) is 13.5. The first kappa shape index (κ1) is 16.3. The SMILES string of the molecule is Cc1cccc(C2CCCN2C(=O)CNCC2CC2)c1.Cl. The van der Waals surface area contributed by atoms with Gasteiger partial charge in [-0.05, 0) is 50.6 Å². The predicted molar refractivity (Wildman–Crippen MR) is 87.7 cm³/mol. The van der Waals surface area contributed by atoms with Gasteiger partial charge in [0.1, 0.15) is 0 Å². The maximum Gasteiger partial charge on any atom is 0.237 e. The molecule has 3 rings (SSSR count). The van der Waals surface area contributed by atoms with Crippen LogP contribution in [0.1, 0.15) is 42.9 Å². The highest BCUT2D eigenvalue weighted by molar-refractivity contribution is 5.85. The van der Waals surface area contributed by atoms with E-state index in [1.165, 1.54) is 24.0 Å². The molecule has 3 nitrogen and oxygen atoms in total. The summed E-state index contributed by atoms with van der Waals surface area (Å²) in [6, 6.07) is 8.86. The van der Waals surface area contributed by atoms with Crippen LogP contribution in [-0.4, -0.2) is 30.4 Å². The number of likely N-dealkylation sites (tertiary alicyclic amines) is 1. The van der Waals surface area contributed by atoms with Gasteiger partial charge in [-0.2, -0.15) is 0 Å². The van der Waals surface area contributed by atoms with Crippen molar-refractivity contribution < 1.29 is 4.79 Å². The summed E-state index contributed by atoms with van der Waals surface area (Å²) in [7, 11) is 0. The number of hydrogen-bond donors (Lipinski definition) is 1. The Morgan fingerprint density at radius 2 is 2.14 bits per heavy atom. The number of benzene rings is 1. The minimum atomic E-state index is 0. The average Bonchev–Trinajstić information content (AvgIpc) is 3.12. The second-order valence-corrected chi connectivity index (χ2v) is 6.23. The normalized spacial score (nSPS) is 21.2. The molecule has 0 bridgehead atoms. The van der Waals surface area contributed by atoms with Gasteiger partial charge in [-0.15, -0.1) is 12.4 Å². The van der Waals surface area contributed by atoms with Crippen LogP contribution in [0.4, 0.5) is 0 Å². The van der Waals surface area contributed by atoms with Crippen molar-refractivity contribution in [2.45, 2.75) is 38.6 Å². The molecular weight excluding hydrogens is 284 g/mol. The van der Waals surface area contributed by atoms with Gasteiger partial charge in [0, 0.05) is 6.54 Å². The van der Waals surface area contributed by atoms with E-state index in [-0.39, 0.29) is 24.4 Å². The van der Waals surface area contributed by atoms with Gasteiger partial charge in [0.25, 0.3) is 0 Å². The fraction of sp³-hybridized carbons (Fsp3) is 0.588. The van der Waals surface area contributed by atoms with Crippen LogP contribution < -0.4 is 5.32 Å². The third kappa shape index (κ3) is 4.21. The molecule has 1 atom stereocenters. The minimum absolute atomic E-state index is 0. The lowest BCUT2D eigenvalue weighted by atomic mass is 10.0. The summed E-state index contributed by atoms with van der Waals surface area (Å²) in [6.07, 6.45) is 4.87. The predicted octanol–water partition coefficient (Wildman–Crippen LogP) is 3.08. The number of nitrogens with one attached hydrogen (secondary N) is 1. The Morgan fingerprint density at radius 1 is 1.33 bits per heavy atom. The lowest BCUT2D eigenvalue weighted by Gasteiger charge is -2.25. The van der Waals surface area contributed by atoms with E-state index < -0.39 is 0 Å². The number of nitrogens with zero attached hydrogens (tertiary/aromatic N) is 1. The van der Waals surface area contributed by atoms with Crippen LogP contribution >= 0.6 is 12.4 Å². The van der Waals surface area contributed by atoms with Crippen molar-refractivity contribution in [1.29, 1.82) is 0 Å². The van der Waals surface area contributed by atoms with Gasteiger partial charge >= 0.3 is 0 Å². The van der Waals surface area contributed by atoms with Crippen molar-refractivity contribution in [3.8, 4) is 0 Å². The number of aryl methyl sites for hydroxylation is 1. The van der Waals surface area contributed by atoms with E-state index in [0.717, 1.165) is 31.8 Å². The largest absolute Gasteiger partial charge is 0.335 e. The quantitative estimate of drug-likeness (QED) is 0.906. The van der Waals surface area contributed by atoms with Crippen LogP contribution in [-0.2, 0) is 4.79 Å². The highest BCUT2D eigenvalue weighted by Gasteiger charge is 2.30. The van der Waals surface area contributed by atoms with E-state index in [2.05, 4.69) is 41.4 Å². The van der Waals surface area contributed by atoms with Crippen molar-refractivity contribution >= 4 is 18.3 Å². The standard InChI is InChI=1S/C17H24N2O.ClH/c1-13-4-2-5-15(10-13)16-6-3-9-19(16)17(20)12-18-11-14-7-8-14;/h2,4-5,10,14,16,18H,3,6-9,11-12H2,1H3;1H. The molecule has 1 unspecified atom stereocenters. The molecule has 1 amide bonds. The Bertz CT molecular complexity index is 487. The zero-order valence-electron chi connectivity index (χ0n) is 12.7. The van der Waals surface area contributed by atoms with Crippen molar-refractivity contribution in [3.63, 3.8) is 0 Å². The van der Waals surface area contributed by atoms with Crippen LogP contribution in [0.3, 0.4) is 0 Å². The van der Waals surface area contributed by atoms with E-state index in [1.807, 2.05) is 0 Å². The average molecular weight is 309 g/mol. The summed E-state index contributed by atoms with van der Waals surface area (Å²) in [4.78, 5) is 14.4. The first-order chi connectivity index (χ1) is 9.74. The van der Waals surface area contributed by atoms with Crippen LogP contribution in [0.15, 0.2) is 24.3 Å². The number of amides is 1. The lowest BCUT2D eigenvalue weighted by molar-refractivity contribution is -0.131. The van der Waals surface area contributed by atoms with E-state index >= 15 is 0 Å². The minimum Gasteiger partial charge on any atom is -0.335 e. The Morgan fingerprint density at radius 3 is 2.86 bits per heavy atom. The molecule has 1 aromatic carbocycles. The molecule has 1 N–H and O–H groups in total. The third-order valence-corrected chi connectivity index (χ3v) is 4.41. The fourth-order valence-corrected chi connectivity index (χ4v) is 3.10. The molecule has 1 aliphatic heterocycles. The summed E-state index contributed by atoms with van der Waals surface area (Å²) in [5.41, 5.74) is 2.56. The second kappa shape index (κ2) is 7.28. The van der Waals surface area contributed by atoms with Gasteiger partial charge < -0.3 is 10.2 Å². The van der Waals surface area contributed by atoms with Gasteiger partial charge in [-0.25, -0.2) is 0 Å². The van der Waals surface area contributed by atoms with Gasteiger partial charge in [0.05, 0.1) is 12.6 Å². The highest BCUT2D eigenvalue weighted by Crippen LogP contribution is 2.32. The monoisotopic (exact) mass is 308 g/mol. The molecule has 1 aliphatic carbocycles. The van der Waals surface area contributed by atoms with Crippen LogP contribution in [0.2, 0.25) is 0 Å². The Hall–Kier alpha value is -1.06. The molecule has 116 valence electrons. The zero-order chi connectivity index (χ0) is 13.9. The van der Waals surface area contributed by atoms with Crippen molar-refractivity contribution in [1.82, 2.24) is 10.2 Å². The molecule has 0 radical (unpaired) electrons. The van der Waals surface area contributed by atoms with Crippen LogP contribution in [0.5, 0.6) is 0 Å². The summed E-state index contributed by atoms with van der Waals surface area (Å²) < 4.78 is 0. The summed E-state index contributed by atoms with van der Waals surface area (Å²) in [6.45, 7) is 4.53. The molecule has 1 heterocycles. The maximum absolute atomic E-state index is 12.4. The molecular formula is C17H25ClN2O. The molecule has 1 saturated heterocycles. The summed E-state index contributed by atoms with van der Waals surface area (Å²) >= 11 is 0. The Labute approximate surface area is 133 Å². The van der Waals surface area contributed by atoms with Gasteiger partial charge in [0.2, 0.25) is 5.91 Å². The number of hydrogen-bond acceptors (Lipinski definition) is 2. The number of rotatable bonds is 5. The Balaban J connectivity index is 0.00000161. The highest BCUT2D eigenvalue weighted by atomic mass is 35.5. The maximum atomic E-state index is 12.4. The van der Waals surface area contributed by atoms with Gasteiger partial charge in [0.15, 0.2) is 0 Å². The van der Waals surface area contributed by atoms with Crippen molar-refractivity contribution in [3.05, 3.63) is 35.4 Å². The second-order valence-electron chi connectivity index (χ2n) is 6.23. The molecule has 4 heteroatoms. The summed E-state index contributed by atoms with van der Waals surface area (Å²) in [5, 5.41) is 3.32. The number of carbonyl (C=O) groups excluding carboxylic acids is 1. The molecule has 1 aromatic rings.